The van der Waals surface area contributed by atoms with Crippen molar-refractivity contribution in [1.29, 1.82) is 0 Å². The average molecular weight is 273 g/mol. The topological polar surface area (TPSA) is 103 Å². The van der Waals surface area contributed by atoms with E-state index < -0.39 is 17.3 Å². The third kappa shape index (κ3) is 4.23. The summed E-state index contributed by atoms with van der Waals surface area (Å²) < 4.78 is 5.18. The fraction of sp³-hybridized carbons (Fsp3) is 0.909. The number of nitrogens with zero attached hydrogens (tertiary/aromatic N) is 1. The van der Waals surface area contributed by atoms with E-state index in [1.54, 1.807) is 0 Å². The molecule has 108 valence electrons. The first-order valence-electron chi connectivity index (χ1n) is 6.67. The second-order valence-corrected chi connectivity index (χ2v) is 4.89. The van der Waals surface area contributed by atoms with E-state index in [1.165, 1.54) is 0 Å². The van der Waals surface area contributed by atoms with Crippen LogP contribution in [-0.4, -0.2) is 36.1 Å². The van der Waals surface area contributed by atoms with Gasteiger partial charge in [0, 0.05) is 0 Å². The number of ether oxygens (including phenoxy) is 1. The van der Waals surface area contributed by atoms with Crippen LogP contribution in [0.3, 0.4) is 0 Å². The molecule has 8 nitrogen and oxygen atoms in total. The van der Waals surface area contributed by atoms with Crippen LogP contribution in [0.5, 0.6) is 0 Å². The Hall–Kier alpha value is -1.57. The Kier molecular flexibility index (Phi) is 4.78. The summed E-state index contributed by atoms with van der Waals surface area (Å²) in [5, 5.41) is 15.3. The Balaban J connectivity index is 1.80. The molecule has 3 atom stereocenters. The fourth-order valence-corrected chi connectivity index (χ4v) is 2.57. The molecular formula is C11H19N3O5. The number of rotatable bonds is 4. The Morgan fingerprint density at radius 3 is 2.74 bits per heavy atom. The highest BCUT2D eigenvalue weighted by atomic mass is 17.0. The van der Waals surface area contributed by atoms with Crippen molar-refractivity contribution >= 4 is 6.09 Å². The van der Waals surface area contributed by atoms with Crippen molar-refractivity contribution in [3.63, 3.8) is 0 Å². The zero-order valence-electron chi connectivity index (χ0n) is 10.7. The first kappa shape index (κ1) is 13.9. The van der Waals surface area contributed by atoms with Gasteiger partial charge in [0.15, 0.2) is 6.23 Å². The summed E-state index contributed by atoms with van der Waals surface area (Å²) in [7, 11) is 0. The zero-order chi connectivity index (χ0) is 13.7. The maximum atomic E-state index is 11.7. The molecule has 0 aromatic heterocycles. The zero-order valence-corrected chi connectivity index (χ0v) is 10.7. The van der Waals surface area contributed by atoms with Gasteiger partial charge in [-0.25, -0.2) is 4.79 Å². The lowest BCUT2D eigenvalue weighted by atomic mass is 9.93. The van der Waals surface area contributed by atoms with Gasteiger partial charge < -0.3 is 14.9 Å². The molecule has 2 fully saturated rings. The SMILES string of the molecule is O=C(N[C@@H]1CCCC[C@H]1O[N+](=O)[O-])OC1CCCN1. The number of amides is 1. The molecule has 1 unspecified atom stereocenters. The first-order chi connectivity index (χ1) is 9.15. The smallest absolute Gasteiger partial charge is 0.409 e. The number of carbonyl (C=O) groups is 1. The van der Waals surface area contributed by atoms with Gasteiger partial charge in [-0.1, -0.05) is 12.8 Å². The molecule has 2 N–H and O–H groups in total. The normalized spacial score (nSPS) is 30.6. The monoisotopic (exact) mass is 273 g/mol. The number of carbonyl (C=O) groups excluding carboxylic acids is 1. The van der Waals surface area contributed by atoms with Gasteiger partial charge in [0.2, 0.25) is 0 Å². The van der Waals surface area contributed by atoms with Crippen molar-refractivity contribution in [2.75, 3.05) is 6.54 Å². The summed E-state index contributed by atoms with van der Waals surface area (Å²) in [5.74, 6) is 0. The number of nitrogens with one attached hydrogen (secondary N) is 2. The molecule has 19 heavy (non-hydrogen) atoms. The van der Waals surface area contributed by atoms with Gasteiger partial charge in [-0.05, 0) is 32.2 Å². The quantitative estimate of drug-likeness (QED) is 0.583. The lowest BCUT2D eigenvalue weighted by Gasteiger charge is -2.30. The van der Waals surface area contributed by atoms with Crippen LogP contribution in [0.1, 0.15) is 38.5 Å². The van der Waals surface area contributed by atoms with E-state index >= 15 is 0 Å². The molecular weight excluding hydrogens is 254 g/mol. The molecule has 1 aliphatic carbocycles. The standard InChI is InChI=1S/C11H19N3O5/c15-11(18-10-6-3-7-12-10)13-8-4-1-2-5-9(8)19-14(16)17/h8-10,12H,1-7H2,(H,13,15)/t8-,9-,10?/m1/s1. The van der Waals surface area contributed by atoms with Crippen LogP contribution >= 0.6 is 0 Å². The highest BCUT2D eigenvalue weighted by Crippen LogP contribution is 2.21. The highest BCUT2D eigenvalue weighted by molar-refractivity contribution is 5.67. The molecule has 1 saturated heterocycles. The Labute approximate surface area is 110 Å². The third-order valence-electron chi connectivity index (χ3n) is 3.49. The Morgan fingerprint density at radius 1 is 1.26 bits per heavy atom. The minimum absolute atomic E-state index is 0.251. The second kappa shape index (κ2) is 6.55. The summed E-state index contributed by atoms with van der Waals surface area (Å²) >= 11 is 0. The van der Waals surface area contributed by atoms with Gasteiger partial charge in [-0.15, -0.1) is 10.1 Å². The minimum atomic E-state index is -0.797. The van der Waals surface area contributed by atoms with Crippen molar-refractivity contribution in [2.45, 2.75) is 56.9 Å². The van der Waals surface area contributed by atoms with Crippen LogP contribution < -0.4 is 10.6 Å². The van der Waals surface area contributed by atoms with Gasteiger partial charge >= 0.3 is 6.09 Å². The highest BCUT2D eigenvalue weighted by Gasteiger charge is 2.30. The molecule has 2 rings (SSSR count). The van der Waals surface area contributed by atoms with Crippen LogP contribution in [0.4, 0.5) is 4.79 Å². The average Bonchev–Trinajstić information content (AvgIpc) is 2.83. The van der Waals surface area contributed by atoms with Crippen molar-refractivity contribution < 1.29 is 19.5 Å². The molecule has 0 aromatic rings. The summed E-state index contributed by atoms with van der Waals surface area (Å²) in [6.07, 6.45) is 3.45. The van der Waals surface area contributed by atoms with Gasteiger partial charge in [-0.2, -0.15) is 0 Å². The van der Waals surface area contributed by atoms with E-state index in [1.807, 2.05) is 0 Å². The first-order valence-corrected chi connectivity index (χ1v) is 6.67. The molecule has 1 aliphatic heterocycles. The van der Waals surface area contributed by atoms with E-state index in [0.717, 1.165) is 32.2 Å². The molecule has 0 spiro atoms. The van der Waals surface area contributed by atoms with Gasteiger partial charge in [0.05, 0.1) is 6.04 Å². The predicted octanol–water partition coefficient (Wildman–Crippen LogP) is 0.942. The number of hydrogen-bond donors (Lipinski definition) is 2. The van der Waals surface area contributed by atoms with E-state index in [4.69, 9.17) is 4.74 Å². The predicted molar refractivity (Wildman–Crippen MR) is 64.8 cm³/mol. The van der Waals surface area contributed by atoms with Crippen LogP contribution in [0.15, 0.2) is 0 Å². The maximum Gasteiger partial charge on any atom is 0.409 e. The van der Waals surface area contributed by atoms with Gasteiger partial charge in [0.25, 0.3) is 5.09 Å². The van der Waals surface area contributed by atoms with E-state index in [-0.39, 0.29) is 12.3 Å². The largest absolute Gasteiger partial charge is 0.430 e. The summed E-state index contributed by atoms with van der Waals surface area (Å²) in [6, 6.07) is -0.354. The van der Waals surface area contributed by atoms with Gasteiger partial charge in [-0.3, -0.25) is 5.32 Å². The molecule has 0 radical (unpaired) electrons. The lowest BCUT2D eigenvalue weighted by Crippen LogP contribution is -2.48. The van der Waals surface area contributed by atoms with E-state index in [0.29, 0.717) is 12.8 Å². The van der Waals surface area contributed by atoms with Crippen LogP contribution in [0.2, 0.25) is 0 Å². The van der Waals surface area contributed by atoms with Crippen molar-refractivity contribution in [2.24, 2.45) is 0 Å². The second-order valence-electron chi connectivity index (χ2n) is 4.89. The molecule has 8 heteroatoms. The molecule has 2 aliphatic rings. The van der Waals surface area contributed by atoms with Crippen LogP contribution in [-0.2, 0) is 9.57 Å². The van der Waals surface area contributed by atoms with Crippen LogP contribution in [0, 0.1) is 10.1 Å². The molecule has 0 bridgehead atoms. The van der Waals surface area contributed by atoms with E-state index in [2.05, 4.69) is 15.5 Å². The third-order valence-corrected chi connectivity index (χ3v) is 3.49. The summed E-state index contributed by atoms with van der Waals surface area (Å²) in [6.45, 7) is 0.842. The summed E-state index contributed by atoms with van der Waals surface area (Å²) in [5.41, 5.74) is 0. The maximum absolute atomic E-state index is 11.7. The van der Waals surface area contributed by atoms with Crippen molar-refractivity contribution in [3.8, 4) is 0 Å². The van der Waals surface area contributed by atoms with Crippen molar-refractivity contribution in [3.05, 3.63) is 10.1 Å². The van der Waals surface area contributed by atoms with Crippen molar-refractivity contribution in [1.82, 2.24) is 10.6 Å². The molecule has 0 aromatic carbocycles. The Morgan fingerprint density at radius 2 is 2.05 bits per heavy atom. The Bertz CT molecular complexity index is 332. The molecule has 1 heterocycles. The van der Waals surface area contributed by atoms with Gasteiger partial charge in [0.1, 0.15) is 6.10 Å². The lowest BCUT2D eigenvalue weighted by molar-refractivity contribution is -0.770. The van der Waals surface area contributed by atoms with Crippen LogP contribution in [0.25, 0.3) is 0 Å². The fourth-order valence-electron chi connectivity index (χ4n) is 2.57. The molecule has 1 amide bonds. The van der Waals surface area contributed by atoms with E-state index in [9.17, 15) is 14.9 Å². The molecule has 1 saturated carbocycles. The number of alkyl carbamates (subject to hydrolysis) is 1. The summed E-state index contributed by atoms with van der Waals surface area (Å²) in [4.78, 5) is 26.7. The minimum Gasteiger partial charge on any atom is -0.430 e. The number of hydrogen-bond acceptors (Lipinski definition) is 6.